The van der Waals surface area contributed by atoms with Crippen molar-refractivity contribution in [2.75, 3.05) is 11.9 Å². The predicted octanol–water partition coefficient (Wildman–Crippen LogP) is 1.70. The van der Waals surface area contributed by atoms with E-state index in [2.05, 4.69) is 25.6 Å². The first kappa shape index (κ1) is 17.0. The molecule has 2 N–H and O–H groups in total. The highest BCUT2D eigenvalue weighted by Crippen LogP contribution is 2.38. The van der Waals surface area contributed by atoms with Gasteiger partial charge in [-0.05, 0) is 18.6 Å². The van der Waals surface area contributed by atoms with Crippen molar-refractivity contribution >= 4 is 17.7 Å². The highest BCUT2D eigenvalue weighted by atomic mass is 16.5. The standard InChI is InChI=1S/C18H18N6O3/c1-2-27-18(26)16-13(8-20-23-16)12-6-15(25)22-17-14(12)9-21-24(17)10-11-4-3-5-19-7-11/h3-5,7-9,12H,2,6,10H2,1H3,(H,20,23)(H,22,25)/t12-/m0/s1. The first-order valence-electron chi connectivity index (χ1n) is 8.62. The van der Waals surface area contributed by atoms with Gasteiger partial charge in [0, 0.05) is 35.9 Å². The number of rotatable bonds is 5. The van der Waals surface area contributed by atoms with Crippen molar-refractivity contribution in [2.24, 2.45) is 0 Å². The van der Waals surface area contributed by atoms with Crippen LogP contribution < -0.4 is 5.32 Å². The van der Waals surface area contributed by atoms with Crippen molar-refractivity contribution in [3.63, 3.8) is 0 Å². The molecule has 3 aromatic heterocycles. The highest BCUT2D eigenvalue weighted by Gasteiger charge is 2.33. The number of carbonyl (C=O) groups is 2. The number of ether oxygens (including phenoxy) is 1. The van der Waals surface area contributed by atoms with Crippen LogP contribution in [0.4, 0.5) is 5.82 Å². The van der Waals surface area contributed by atoms with Crippen LogP contribution >= 0.6 is 0 Å². The Hall–Kier alpha value is -3.49. The van der Waals surface area contributed by atoms with Crippen molar-refractivity contribution in [1.29, 1.82) is 0 Å². The molecule has 1 amide bonds. The number of nitrogens with one attached hydrogen (secondary N) is 2. The summed E-state index contributed by atoms with van der Waals surface area (Å²) in [6.07, 6.45) is 6.95. The van der Waals surface area contributed by atoms with Crippen LogP contribution in [0.5, 0.6) is 0 Å². The Labute approximate surface area is 154 Å². The number of amides is 1. The van der Waals surface area contributed by atoms with E-state index >= 15 is 0 Å². The summed E-state index contributed by atoms with van der Waals surface area (Å²) in [5, 5.41) is 14.0. The minimum atomic E-state index is -0.486. The summed E-state index contributed by atoms with van der Waals surface area (Å²) >= 11 is 0. The van der Waals surface area contributed by atoms with Crippen LogP contribution in [-0.2, 0) is 16.1 Å². The van der Waals surface area contributed by atoms with Gasteiger partial charge < -0.3 is 10.1 Å². The van der Waals surface area contributed by atoms with Crippen molar-refractivity contribution in [3.8, 4) is 0 Å². The molecule has 0 saturated carbocycles. The van der Waals surface area contributed by atoms with Gasteiger partial charge in [-0.15, -0.1) is 0 Å². The van der Waals surface area contributed by atoms with Crippen LogP contribution in [0.2, 0.25) is 0 Å². The number of fused-ring (bicyclic) bond motifs is 1. The van der Waals surface area contributed by atoms with E-state index in [-0.39, 0.29) is 30.5 Å². The van der Waals surface area contributed by atoms with E-state index < -0.39 is 5.97 Å². The minimum absolute atomic E-state index is 0.142. The summed E-state index contributed by atoms with van der Waals surface area (Å²) in [5.74, 6) is -0.331. The summed E-state index contributed by atoms with van der Waals surface area (Å²) < 4.78 is 6.80. The van der Waals surface area contributed by atoms with Gasteiger partial charge in [-0.1, -0.05) is 6.07 Å². The molecule has 0 fully saturated rings. The number of H-pyrrole nitrogens is 1. The Morgan fingerprint density at radius 1 is 1.33 bits per heavy atom. The largest absolute Gasteiger partial charge is 0.461 e. The first-order valence-corrected chi connectivity index (χ1v) is 8.62. The zero-order valence-corrected chi connectivity index (χ0v) is 14.7. The molecule has 1 aliphatic heterocycles. The molecule has 0 aromatic carbocycles. The number of aromatic nitrogens is 5. The number of pyridine rings is 1. The average molecular weight is 366 g/mol. The Bertz CT molecular complexity index is 978. The molecule has 1 atom stereocenters. The van der Waals surface area contributed by atoms with E-state index in [1.807, 2.05) is 12.1 Å². The van der Waals surface area contributed by atoms with Crippen LogP contribution in [0.25, 0.3) is 0 Å². The van der Waals surface area contributed by atoms with Crippen LogP contribution in [-0.4, -0.2) is 43.4 Å². The lowest BCUT2D eigenvalue weighted by Gasteiger charge is -2.23. The van der Waals surface area contributed by atoms with Crippen molar-refractivity contribution in [1.82, 2.24) is 25.0 Å². The molecule has 9 heteroatoms. The molecule has 4 rings (SSSR count). The number of anilines is 1. The van der Waals surface area contributed by atoms with E-state index in [4.69, 9.17) is 4.74 Å². The number of nitrogens with zero attached hydrogens (tertiary/aromatic N) is 4. The number of carbonyl (C=O) groups excluding carboxylic acids is 2. The number of aromatic amines is 1. The van der Waals surface area contributed by atoms with Gasteiger partial charge in [-0.2, -0.15) is 10.2 Å². The Kier molecular flexibility index (Phi) is 4.41. The Morgan fingerprint density at radius 3 is 3.00 bits per heavy atom. The molecule has 0 bridgehead atoms. The third-order valence-electron chi connectivity index (χ3n) is 4.47. The third kappa shape index (κ3) is 3.19. The molecule has 27 heavy (non-hydrogen) atoms. The van der Waals surface area contributed by atoms with Gasteiger partial charge >= 0.3 is 5.97 Å². The Morgan fingerprint density at radius 2 is 2.22 bits per heavy atom. The zero-order valence-electron chi connectivity index (χ0n) is 14.7. The summed E-state index contributed by atoms with van der Waals surface area (Å²) in [6.45, 7) is 2.48. The summed E-state index contributed by atoms with van der Waals surface area (Å²) in [4.78, 5) is 28.6. The van der Waals surface area contributed by atoms with Gasteiger partial charge in [0.25, 0.3) is 0 Å². The van der Waals surface area contributed by atoms with E-state index in [9.17, 15) is 9.59 Å². The van der Waals surface area contributed by atoms with Crippen molar-refractivity contribution < 1.29 is 14.3 Å². The summed E-state index contributed by atoms with van der Waals surface area (Å²) in [5.41, 5.74) is 2.70. The molecule has 0 aliphatic carbocycles. The minimum Gasteiger partial charge on any atom is -0.461 e. The van der Waals surface area contributed by atoms with Crippen LogP contribution in [0.1, 0.15) is 46.4 Å². The number of esters is 1. The van der Waals surface area contributed by atoms with E-state index in [0.717, 1.165) is 11.1 Å². The molecule has 1 aliphatic rings. The van der Waals surface area contributed by atoms with Gasteiger partial charge in [-0.3, -0.25) is 14.9 Å². The van der Waals surface area contributed by atoms with Gasteiger partial charge in [-0.25, -0.2) is 9.48 Å². The second kappa shape index (κ2) is 7.02. The van der Waals surface area contributed by atoms with E-state index in [1.165, 1.54) is 0 Å². The molecule has 138 valence electrons. The third-order valence-corrected chi connectivity index (χ3v) is 4.47. The SMILES string of the molecule is CCOC(=O)c1[nH]ncc1[C@@H]1CC(=O)Nc2c1cnn2Cc1cccnc1. The molecule has 9 nitrogen and oxygen atoms in total. The Balaban J connectivity index is 1.70. The monoisotopic (exact) mass is 366 g/mol. The van der Waals surface area contributed by atoms with Gasteiger partial charge in [0.05, 0.1) is 25.5 Å². The predicted molar refractivity (Wildman–Crippen MR) is 95.2 cm³/mol. The highest BCUT2D eigenvalue weighted by molar-refractivity contribution is 5.95. The van der Waals surface area contributed by atoms with Crippen molar-refractivity contribution in [3.05, 3.63) is 59.3 Å². The molecular weight excluding hydrogens is 348 g/mol. The maximum atomic E-state index is 12.3. The molecule has 0 unspecified atom stereocenters. The second-order valence-corrected chi connectivity index (χ2v) is 6.19. The topological polar surface area (TPSA) is 115 Å². The molecule has 0 spiro atoms. The van der Waals surface area contributed by atoms with Crippen LogP contribution in [0.3, 0.4) is 0 Å². The van der Waals surface area contributed by atoms with Gasteiger partial charge in [0.2, 0.25) is 5.91 Å². The first-order chi connectivity index (χ1) is 13.2. The second-order valence-electron chi connectivity index (χ2n) is 6.19. The lowest BCUT2D eigenvalue weighted by molar-refractivity contribution is -0.116. The lowest BCUT2D eigenvalue weighted by Crippen LogP contribution is -2.26. The van der Waals surface area contributed by atoms with E-state index in [1.54, 1.807) is 36.4 Å². The van der Waals surface area contributed by atoms with Gasteiger partial charge in [0.15, 0.2) is 0 Å². The maximum absolute atomic E-state index is 12.3. The molecule has 0 saturated heterocycles. The van der Waals surface area contributed by atoms with Crippen LogP contribution in [0.15, 0.2) is 36.9 Å². The zero-order chi connectivity index (χ0) is 18.8. The maximum Gasteiger partial charge on any atom is 0.356 e. The lowest BCUT2D eigenvalue weighted by atomic mass is 9.87. The quantitative estimate of drug-likeness (QED) is 0.664. The number of hydrogen-bond donors (Lipinski definition) is 2. The average Bonchev–Trinajstić information content (AvgIpc) is 3.30. The van der Waals surface area contributed by atoms with Crippen LogP contribution in [0, 0.1) is 0 Å². The van der Waals surface area contributed by atoms with Crippen molar-refractivity contribution in [2.45, 2.75) is 25.8 Å². The van der Waals surface area contributed by atoms with Gasteiger partial charge in [0.1, 0.15) is 11.5 Å². The smallest absolute Gasteiger partial charge is 0.356 e. The molecule has 3 aromatic rings. The fourth-order valence-electron chi connectivity index (χ4n) is 3.26. The molecule has 0 radical (unpaired) electrons. The fourth-order valence-corrected chi connectivity index (χ4v) is 3.26. The fraction of sp³-hybridized carbons (Fsp3) is 0.278. The molecular formula is C18H18N6O3. The number of hydrogen-bond acceptors (Lipinski definition) is 6. The molecule has 4 heterocycles. The van der Waals surface area contributed by atoms with E-state index in [0.29, 0.717) is 17.9 Å². The normalized spacial score (nSPS) is 15.9. The summed E-state index contributed by atoms with van der Waals surface area (Å²) in [6, 6.07) is 3.79. The summed E-state index contributed by atoms with van der Waals surface area (Å²) in [7, 11) is 0.